The van der Waals surface area contributed by atoms with Gasteiger partial charge in [-0.05, 0) is 57.0 Å². The summed E-state index contributed by atoms with van der Waals surface area (Å²) in [6.07, 6.45) is 6.56. The summed E-state index contributed by atoms with van der Waals surface area (Å²) in [6, 6.07) is 4.13. The second-order valence-corrected chi connectivity index (χ2v) is 6.86. The number of piperidine rings is 1. The molecule has 122 valence electrons. The molecule has 1 fully saturated rings. The number of carbonyl (C=O) groups excluding carboxylic acids is 1. The van der Waals surface area contributed by atoms with Gasteiger partial charge in [-0.1, -0.05) is 0 Å². The first-order valence-electron chi connectivity index (χ1n) is 8.05. The monoisotopic (exact) mass is 330 g/mol. The highest BCUT2D eigenvalue weighted by molar-refractivity contribution is 7.13. The molecule has 2 aromatic rings. The van der Waals surface area contributed by atoms with Gasteiger partial charge in [0.2, 0.25) is 5.91 Å². The van der Waals surface area contributed by atoms with Gasteiger partial charge in [0, 0.05) is 30.2 Å². The summed E-state index contributed by atoms with van der Waals surface area (Å²) in [5.74, 6) is 0.226. The maximum Gasteiger partial charge on any atom is 0.229 e. The molecule has 1 saturated heterocycles. The highest BCUT2D eigenvalue weighted by Crippen LogP contribution is 2.21. The molecule has 3 heterocycles. The summed E-state index contributed by atoms with van der Waals surface area (Å²) in [5, 5.41) is 5.62. The Morgan fingerprint density at radius 1 is 1.35 bits per heavy atom. The highest BCUT2D eigenvalue weighted by atomic mass is 32.1. The summed E-state index contributed by atoms with van der Waals surface area (Å²) in [5.41, 5.74) is 2.27. The number of hydrogen-bond acceptors (Lipinski definition) is 5. The normalized spacial score (nSPS) is 16.4. The van der Waals surface area contributed by atoms with Crippen molar-refractivity contribution in [3.05, 3.63) is 41.2 Å². The molecular weight excluding hydrogens is 308 g/mol. The van der Waals surface area contributed by atoms with Crippen molar-refractivity contribution in [2.75, 3.05) is 25.0 Å². The number of pyridine rings is 1. The number of likely N-dealkylation sites (tertiary alicyclic amines) is 1. The van der Waals surface area contributed by atoms with E-state index in [1.165, 1.54) is 16.9 Å². The Hall–Kier alpha value is -1.79. The van der Waals surface area contributed by atoms with E-state index in [1.807, 2.05) is 24.7 Å². The molecule has 1 aliphatic heterocycles. The lowest BCUT2D eigenvalue weighted by molar-refractivity contribution is -0.121. The molecular formula is C17H22N4OS. The van der Waals surface area contributed by atoms with E-state index in [0.29, 0.717) is 5.13 Å². The zero-order valence-electron chi connectivity index (χ0n) is 13.4. The van der Waals surface area contributed by atoms with Gasteiger partial charge in [0.1, 0.15) is 0 Å². The van der Waals surface area contributed by atoms with E-state index in [2.05, 4.69) is 32.3 Å². The number of rotatable bonds is 5. The fourth-order valence-corrected chi connectivity index (χ4v) is 3.57. The van der Waals surface area contributed by atoms with Crippen LogP contribution < -0.4 is 5.32 Å². The van der Waals surface area contributed by atoms with Crippen molar-refractivity contribution in [2.45, 2.75) is 26.2 Å². The van der Waals surface area contributed by atoms with Crippen molar-refractivity contribution in [1.29, 1.82) is 0 Å². The maximum absolute atomic E-state index is 12.3. The molecule has 0 aliphatic carbocycles. The zero-order chi connectivity index (χ0) is 16.1. The molecule has 2 aromatic heterocycles. The smallest absolute Gasteiger partial charge is 0.229 e. The minimum atomic E-state index is 0.108. The minimum Gasteiger partial charge on any atom is -0.303 e. The van der Waals surface area contributed by atoms with Crippen LogP contribution in [0.2, 0.25) is 0 Å². The second kappa shape index (κ2) is 7.66. The number of aromatic nitrogens is 2. The maximum atomic E-state index is 12.3. The molecule has 1 N–H and O–H groups in total. The van der Waals surface area contributed by atoms with Crippen molar-refractivity contribution < 1.29 is 4.79 Å². The van der Waals surface area contributed by atoms with Gasteiger partial charge < -0.3 is 10.2 Å². The third-order valence-corrected chi connectivity index (χ3v) is 5.15. The number of carbonyl (C=O) groups is 1. The third kappa shape index (κ3) is 4.59. The van der Waals surface area contributed by atoms with Crippen LogP contribution in [0.1, 0.15) is 24.1 Å². The van der Waals surface area contributed by atoms with Crippen LogP contribution in [0.25, 0.3) is 0 Å². The van der Waals surface area contributed by atoms with E-state index in [9.17, 15) is 4.79 Å². The molecule has 3 rings (SSSR count). The predicted octanol–water partition coefficient (Wildman–Crippen LogP) is 2.74. The Bertz CT molecular complexity index is 635. The quantitative estimate of drug-likeness (QED) is 0.916. The van der Waals surface area contributed by atoms with Crippen molar-refractivity contribution in [3.63, 3.8) is 0 Å². The Morgan fingerprint density at radius 3 is 2.74 bits per heavy atom. The first-order chi connectivity index (χ1) is 11.2. The van der Waals surface area contributed by atoms with Crippen LogP contribution in [0.3, 0.4) is 0 Å². The Labute approximate surface area is 140 Å². The topological polar surface area (TPSA) is 58.1 Å². The Kier molecular flexibility index (Phi) is 5.35. The number of amides is 1. The van der Waals surface area contributed by atoms with E-state index >= 15 is 0 Å². The number of hydrogen-bond donors (Lipinski definition) is 1. The van der Waals surface area contributed by atoms with Gasteiger partial charge in [0.15, 0.2) is 5.13 Å². The Balaban J connectivity index is 1.42. The van der Waals surface area contributed by atoms with Gasteiger partial charge in [-0.25, -0.2) is 4.98 Å². The number of nitrogens with one attached hydrogen (secondary N) is 1. The lowest BCUT2D eigenvalue weighted by atomic mass is 9.95. The van der Waals surface area contributed by atoms with E-state index in [-0.39, 0.29) is 11.8 Å². The third-order valence-electron chi connectivity index (χ3n) is 4.27. The average molecular weight is 330 g/mol. The zero-order valence-corrected chi connectivity index (χ0v) is 14.2. The first kappa shape index (κ1) is 16.1. The van der Waals surface area contributed by atoms with Crippen LogP contribution in [0.15, 0.2) is 29.9 Å². The standard InChI is InChI=1S/C17H22N4OS/c1-13-12-23-17(19-13)20-16(22)15-5-10-21(11-6-15)9-4-14-2-7-18-8-3-14/h2-3,7-8,12,15H,4-6,9-11H2,1H3,(H,19,20,22). The van der Waals surface area contributed by atoms with Crippen LogP contribution >= 0.6 is 11.3 Å². The van der Waals surface area contributed by atoms with Gasteiger partial charge in [-0.3, -0.25) is 9.78 Å². The molecule has 0 aromatic carbocycles. The fourth-order valence-electron chi connectivity index (χ4n) is 2.87. The SMILES string of the molecule is Cc1csc(NC(=O)C2CCN(CCc3ccncc3)CC2)n1. The molecule has 5 nitrogen and oxygen atoms in total. The highest BCUT2D eigenvalue weighted by Gasteiger charge is 2.25. The van der Waals surface area contributed by atoms with Crippen LogP contribution in [0.5, 0.6) is 0 Å². The summed E-state index contributed by atoms with van der Waals surface area (Å²) < 4.78 is 0. The first-order valence-corrected chi connectivity index (χ1v) is 8.93. The molecule has 0 unspecified atom stereocenters. The van der Waals surface area contributed by atoms with E-state index in [4.69, 9.17) is 0 Å². The van der Waals surface area contributed by atoms with Crippen LogP contribution in [-0.4, -0.2) is 40.4 Å². The molecule has 0 saturated carbocycles. The van der Waals surface area contributed by atoms with Crippen molar-refractivity contribution in [1.82, 2.24) is 14.9 Å². The van der Waals surface area contributed by atoms with Crippen LogP contribution in [-0.2, 0) is 11.2 Å². The molecule has 1 amide bonds. The van der Waals surface area contributed by atoms with E-state index in [0.717, 1.165) is 44.6 Å². The lowest BCUT2D eigenvalue weighted by Gasteiger charge is -2.31. The van der Waals surface area contributed by atoms with Crippen LogP contribution in [0.4, 0.5) is 5.13 Å². The minimum absolute atomic E-state index is 0.108. The van der Waals surface area contributed by atoms with Gasteiger partial charge in [0.25, 0.3) is 0 Å². The van der Waals surface area contributed by atoms with Gasteiger partial charge in [-0.2, -0.15) is 0 Å². The fraction of sp³-hybridized carbons (Fsp3) is 0.471. The molecule has 6 heteroatoms. The second-order valence-electron chi connectivity index (χ2n) is 6.00. The predicted molar refractivity (Wildman–Crippen MR) is 92.6 cm³/mol. The van der Waals surface area contributed by atoms with Gasteiger partial charge in [0.05, 0.1) is 5.69 Å². The van der Waals surface area contributed by atoms with E-state index in [1.54, 1.807) is 0 Å². The average Bonchev–Trinajstić information content (AvgIpc) is 2.99. The Morgan fingerprint density at radius 2 is 2.09 bits per heavy atom. The molecule has 23 heavy (non-hydrogen) atoms. The number of nitrogens with zero attached hydrogens (tertiary/aromatic N) is 3. The molecule has 0 radical (unpaired) electrons. The summed E-state index contributed by atoms with van der Waals surface area (Å²) in [7, 11) is 0. The summed E-state index contributed by atoms with van der Waals surface area (Å²) in [6.45, 7) is 4.96. The van der Waals surface area contributed by atoms with E-state index < -0.39 is 0 Å². The molecule has 1 aliphatic rings. The summed E-state index contributed by atoms with van der Waals surface area (Å²) >= 11 is 1.49. The number of aryl methyl sites for hydroxylation is 1. The van der Waals surface area contributed by atoms with Gasteiger partial charge in [-0.15, -0.1) is 11.3 Å². The molecule has 0 atom stereocenters. The lowest BCUT2D eigenvalue weighted by Crippen LogP contribution is -2.39. The summed E-state index contributed by atoms with van der Waals surface area (Å²) in [4.78, 5) is 23.1. The van der Waals surface area contributed by atoms with Crippen molar-refractivity contribution in [3.8, 4) is 0 Å². The van der Waals surface area contributed by atoms with Crippen LogP contribution in [0, 0.1) is 12.8 Å². The van der Waals surface area contributed by atoms with Crippen molar-refractivity contribution >= 4 is 22.4 Å². The number of anilines is 1. The van der Waals surface area contributed by atoms with Gasteiger partial charge >= 0.3 is 0 Å². The molecule has 0 bridgehead atoms. The van der Waals surface area contributed by atoms with Crippen molar-refractivity contribution in [2.24, 2.45) is 5.92 Å². The molecule has 0 spiro atoms. The number of thiazole rings is 1. The largest absolute Gasteiger partial charge is 0.303 e.